The number of nitrogens with zero attached hydrogens (tertiary/aromatic N) is 3. The molecular weight excluding hydrogens is 422 g/mol. The number of amides is 2. The molecule has 1 aromatic carbocycles. The number of piperidine rings is 1. The molecule has 1 unspecified atom stereocenters. The van der Waals surface area contributed by atoms with Crippen LogP contribution in [0, 0.1) is 5.41 Å². The van der Waals surface area contributed by atoms with Crippen LogP contribution in [0.25, 0.3) is 0 Å². The average molecular weight is 460 g/mol. The number of benzene rings is 1. The summed E-state index contributed by atoms with van der Waals surface area (Å²) in [5, 5.41) is 10.5. The highest BCUT2D eigenvalue weighted by Crippen LogP contribution is 2.53. The molecule has 2 aliphatic heterocycles. The lowest BCUT2D eigenvalue weighted by Crippen LogP contribution is -2.50. The van der Waals surface area contributed by atoms with Gasteiger partial charge < -0.3 is 24.4 Å². The van der Waals surface area contributed by atoms with Crippen molar-refractivity contribution in [3.8, 4) is 0 Å². The smallest absolute Gasteiger partial charge is 0.410 e. The number of rotatable bonds is 8. The maximum atomic E-state index is 12.6. The molecule has 1 saturated carbocycles. The maximum absolute atomic E-state index is 12.6. The van der Waals surface area contributed by atoms with Crippen molar-refractivity contribution >= 4 is 12.0 Å². The Balaban J connectivity index is 1.19. The van der Waals surface area contributed by atoms with Crippen LogP contribution >= 0.6 is 0 Å². The number of ether oxygens (including phenoxy) is 2. The highest BCUT2D eigenvalue weighted by atomic mass is 16.6. The number of β-amino-alcohol motifs (C(OH)–C–C–N with tert-alkyl or cyclic N) is 1. The predicted molar refractivity (Wildman–Crippen MR) is 123 cm³/mol. The Morgan fingerprint density at radius 3 is 2.64 bits per heavy atom. The first-order valence-electron chi connectivity index (χ1n) is 12.2. The third-order valence-corrected chi connectivity index (χ3v) is 7.51. The topological polar surface area (TPSA) is 82.6 Å². The number of carbonyl (C=O) groups is 2. The molecule has 3 fully saturated rings. The molecule has 8 nitrogen and oxygen atoms in total. The molecule has 0 radical (unpaired) electrons. The number of likely N-dealkylation sites (tertiary alicyclic amines) is 1. The molecule has 2 saturated heterocycles. The summed E-state index contributed by atoms with van der Waals surface area (Å²) in [5.74, 6) is 0.0754. The number of hydrogen-bond acceptors (Lipinski definition) is 6. The van der Waals surface area contributed by atoms with Gasteiger partial charge in [0, 0.05) is 52.8 Å². The van der Waals surface area contributed by atoms with E-state index in [2.05, 4.69) is 4.90 Å². The van der Waals surface area contributed by atoms with Crippen LogP contribution in [-0.2, 0) is 20.9 Å². The SMILES string of the molecule is COC(CCCN1CCN(C(=O)OCc2ccccc2)CCC1=O)N1CCC2(CC2)[C@H](O)C1. The minimum absolute atomic E-state index is 0.0395. The average Bonchev–Trinajstić information content (AvgIpc) is 3.64. The van der Waals surface area contributed by atoms with E-state index >= 15 is 0 Å². The van der Waals surface area contributed by atoms with Crippen molar-refractivity contribution in [1.82, 2.24) is 14.7 Å². The Bertz CT molecular complexity index is 800. The Hall–Kier alpha value is -2.16. The maximum Gasteiger partial charge on any atom is 0.410 e. The predicted octanol–water partition coefficient (Wildman–Crippen LogP) is 2.46. The molecule has 2 atom stereocenters. The van der Waals surface area contributed by atoms with Gasteiger partial charge in [-0.1, -0.05) is 30.3 Å². The molecule has 1 aromatic rings. The van der Waals surface area contributed by atoms with Gasteiger partial charge in [-0.25, -0.2) is 4.79 Å². The van der Waals surface area contributed by atoms with Crippen LogP contribution in [0.1, 0.15) is 44.1 Å². The Morgan fingerprint density at radius 1 is 1.15 bits per heavy atom. The first-order chi connectivity index (χ1) is 16.0. The van der Waals surface area contributed by atoms with E-state index in [1.165, 1.54) is 0 Å². The van der Waals surface area contributed by atoms with Crippen LogP contribution in [0.2, 0.25) is 0 Å². The third kappa shape index (κ3) is 6.05. The summed E-state index contributed by atoms with van der Waals surface area (Å²) in [5.41, 5.74) is 1.13. The van der Waals surface area contributed by atoms with E-state index in [0.717, 1.165) is 44.2 Å². The molecule has 2 amide bonds. The van der Waals surface area contributed by atoms with Crippen LogP contribution in [0.15, 0.2) is 30.3 Å². The minimum atomic E-state index is -0.370. The van der Waals surface area contributed by atoms with E-state index in [0.29, 0.717) is 39.1 Å². The molecule has 1 N–H and O–H groups in total. The van der Waals surface area contributed by atoms with Gasteiger partial charge in [0.15, 0.2) is 0 Å². The molecule has 0 bridgehead atoms. The van der Waals surface area contributed by atoms with Crippen molar-refractivity contribution in [3.63, 3.8) is 0 Å². The molecular formula is C25H37N3O5. The summed E-state index contributed by atoms with van der Waals surface area (Å²) < 4.78 is 11.2. The van der Waals surface area contributed by atoms with E-state index in [1.807, 2.05) is 35.2 Å². The van der Waals surface area contributed by atoms with E-state index in [1.54, 1.807) is 12.0 Å². The number of aliphatic hydroxyl groups is 1. The Kier molecular flexibility index (Phi) is 7.88. The zero-order valence-electron chi connectivity index (χ0n) is 19.7. The lowest BCUT2D eigenvalue weighted by atomic mass is 9.90. The van der Waals surface area contributed by atoms with Gasteiger partial charge >= 0.3 is 6.09 Å². The van der Waals surface area contributed by atoms with Gasteiger partial charge in [-0.15, -0.1) is 0 Å². The molecule has 33 heavy (non-hydrogen) atoms. The summed E-state index contributed by atoms with van der Waals surface area (Å²) in [6.07, 6.45) is 4.60. The molecule has 4 rings (SSSR count). The summed E-state index contributed by atoms with van der Waals surface area (Å²) in [6, 6.07) is 9.59. The molecule has 2 heterocycles. The number of methoxy groups -OCH3 is 1. The molecule has 182 valence electrons. The molecule has 1 aliphatic carbocycles. The fourth-order valence-electron chi connectivity index (χ4n) is 5.05. The highest BCUT2D eigenvalue weighted by molar-refractivity contribution is 5.78. The standard InChI is InChI=1S/C25H37N3O5/c1-32-23(28-15-12-25(10-11-25)21(29)18-28)8-5-13-26-16-17-27(14-9-22(26)30)24(31)33-19-20-6-3-2-4-7-20/h2-4,6-7,21,23,29H,5,8-19H2,1H3/t21-,23?/m1/s1. The van der Waals surface area contributed by atoms with Gasteiger partial charge in [0.1, 0.15) is 12.8 Å². The van der Waals surface area contributed by atoms with Crippen molar-refractivity contribution in [2.45, 2.75) is 57.5 Å². The van der Waals surface area contributed by atoms with E-state index in [4.69, 9.17) is 9.47 Å². The van der Waals surface area contributed by atoms with E-state index in [9.17, 15) is 14.7 Å². The van der Waals surface area contributed by atoms with Gasteiger partial charge in [0.05, 0.1) is 6.10 Å². The highest BCUT2D eigenvalue weighted by Gasteiger charge is 2.51. The minimum Gasteiger partial charge on any atom is -0.445 e. The summed E-state index contributed by atoms with van der Waals surface area (Å²) in [7, 11) is 1.72. The second-order valence-corrected chi connectivity index (χ2v) is 9.61. The fourth-order valence-corrected chi connectivity index (χ4v) is 5.05. The fraction of sp³-hybridized carbons (Fsp3) is 0.680. The van der Waals surface area contributed by atoms with Crippen molar-refractivity contribution < 1.29 is 24.2 Å². The number of hydrogen-bond donors (Lipinski definition) is 1. The second-order valence-electron chi connectivity index (χ2n) is 9.61. The normalized spacial score (nSPS) is 23.9. The molecule has 3 aliphatic rings. The monoisotopic (exact) mass is 459 g/mol. The van der Waals surface area contributed by atoms with Crippen LogP contribution in [-0.4, -0.2) is 90.5 Å². The number of aliphatic hydroxyl groups excluding tert-OH is 1. The zero-order valence-corrected chi connectivity index (χ0v) is 19.7. The van der Waals surface area contributed by atoms with Crippen LogP contribution in [0.3, 0.4) is 0 Å². The van der Waals surface area contributed by atoms with Crippen molar-refractivity contribution in [2.24, 2.45) is 5.41 Å². The van der Waals surface area contributed by atoms with Gasteiger partial charge in [0.2, 0.25) is 5.91 Å². The van der Waals surface area contributed by atoms with E-state index in [-0.39, 0.29) is 36.4 Å². The first kappa shape index (κ1) is 24.0. The van der Waals surface area contributed by atoms with Crippen LogP contribution in [0.4, 0.5) is 4.79 Å². The van der Waals surface area contributed by atoms with Gasteiger partial charge in [-0.05, 0) is 43.1 Å². The van der Waals surface area contributed by atoms with E-state index < -0.39 is 0 Å². The second kappa shape index (κ2) is 10.8. The Morgan fingerprint density at radius 2 is 1.94 bits per heavy atom. The van der Waals surface area contributed by atoms with Crippen molar-refractivity contribution in [1.29, 1.82) is 0 Å². The van der Waals surface area contributed by atoms with Crippen LogP contribution in [0.5, 0.6) is 0 Å². The third-order valence-electron chi connectivity index (χ3n) is 7.51. The molecule has 1 spiro atoms. The van der Waals surface area contributed by atoms with Crippen molar-refractivity contribution in [2.75, 3.05) is 46.4 Å². The molecule has 0 aromatic heterocycles. The summed E-state index contributed by atoms with van der Waals surface area (Å²) in [4.78, 5) is 30.8. The zero-order chi connectivity index (χ0) is 23.3. The van der Waals surface area contributed by atoms with Crippen LogP contribution < -0.4 is 0 Å². The van der Waals surface area contributed by atoms with Crippen molar-refractivity contribution in [3.05, 3.63) is 35.9 Å². The molecule has 8 heteroatoms. The van der Waals surface area contributed by atoms with Gasteiger partial charge in [0.25, 0.3) is 0 Å². The lowest BCUT2D eigenvalue weighted by Gasteiger charge is -2.40. The summed E-state index contributed by atoms with van der Waals surface area (Å²) in [6.45, 7) is 3.89. The largest absolute Gasteiger partial charge is 0.445 e. The quantitative estimate of drug-likeness (QED) is 0.643. The Labute approximate surface area is 196 Å². The van der Waals surface area contributed by atoms with Gasteiger partial charge in [-0.3, -0.25) is 9.69 Å². The van der Waals surface area contributed by atoms with Gasteiger partial charge in [-0.2, -0.15) is 0 Å². The summed E-state index contributed by atoms with van der Waals surface area (Å²) >= 11 is 0. The number of carbonyl (C=O) groups excluding carboxylic acids is 2. The lowest BCUT2D eigenvalue weighted by molar-refractivity contribution is -0.130. The first-order valence-corrected chi connectivity index (χ1v) is 12.2.